The second-order valence-corrected chi connectivity index (χ2v) is 4.71. The van der Waals surface area contributed by atoms with Gasteiger partial charge in [-0.15, -0.1) is 0 Å². The third kappa shape index (κ3) is 1.80. The molecule has 2 aromatic rings. The van der Waals surface area contributed by atoms with Crippen molar-refractivity contribution >= 4 is 27.6 Å². The second-order valence-electron chi connectivity index (χ2n) is 3.79. The Morgan fingerprint density at radius 2 is 2.24 bits per heavy atom. The molecule has 6 heteroatoms. The van der Waals surface area contributed by atoms with Crippen molar-refractivity contribution < 1.29 is 4.79 Å². The van der Waals surface area contributed by atoms with E-state index in [1.807, 2.05) is 18.2 Å². The van der Waals surface area contributed by atoms with E-state index in [1.165, 1.54) is 0 Å². The first-order valence-electron chi connectivity index (χ1n) is 5.09. The van der Waals surface area contributed by atoms with E-state index in [1.54, 1.807) is 12.4 Å². The molecule has 17 heavy (non-hydrogen) atoms. The second kappa shape index (κ2) is 3.89. The van der Waals surface area contributed by atoms with Gasteiger partial charge in [0.05, 0.1) is 12.2 Å². The number of fused-ring (bicyclic) bond motifs is 1. The molecule has 1 unspecified atom stereocenters. The maximum absolute atomic E-state index is 11.6. The Kier molecular flexibility index (Phi) is 2.36. The average molecular weight is 293 g/mol. The Balaban J connectivity index is 2.11. The van der Waals surface area contributed by atoms with Gasteiger partial charge in [-0.1, -0.05) is 22.0 Å². The van der Waals surface area contributed by atoms with Gasteiger partial charge in [-0.05, 0) is 12.1 Å². The smallest absolute Gasteiger partial charge is 0.320 e. The van der Waals surface area contributed by atoms with Crippen LogP contribution in [0.1, 0.15) is 17.2 Å². The van der Waals surface area contributed by atoms with Crippen LogP contribution in [0.5, 0.6) is 0 Å². The topological polar surface area (TPSA) is 69.8 Å². The lowest BCUT2D eigenvalue weighted by atomic mass is 9.98. The van der Waals surface area contributed by atoms with Gasteiger partial charge in [0.15, 0.2) is 0 Å². The lowest BCUT2D eigenvalue weighted by Crippen LogP contribution is -2.38. The quantitative estimate of drug-likeness (QED) is 0.755. The molecule has 3 N–H and O–H groups in total. The van der Waals surface area contributed by atoms with Gasteiger partial charge >= 0.3 is 6.03 Å². The van der Waals surface area contributed by atoms with Gasteiger partial charge < -0.3 is 10.6 Å². The molecule has 0 aliphatic carbocycles. The highest BCUT2D eigenvalue weighted by Gasteiger charge is 2.25. The Morgan fingerprint density at radius 1 is 1.35 bits per heavy atom. The van der Waals surface area contributed by atoms with Gasteiger partial charge in [-0.2, -0.15) is 5.10 Å². The van der Waals surface area contributed by atoms with Crippen LogP contribution in [-0.2, 0) is 0 Å². The van der Waals surface area contributed by atoms with Crippen LogP contribution in [0.15, 0.2) is 35.1 Å². The standard InChI is InChI=1S/C11H9BrN4O/c12-7-1-2-8-9(3-7)15-11(17)16-10(8)6-4-13-14-5-6/h1-5,10H,(H,13,14)(H2,15,16,17). The number of amides is 2. The number of benzene rings is 1. The highest BCUT2D eigenvalue weighted by molar-refractivity contribution is 9.10. The van der Waals surface area contributed by atoms with Crippen LogP contribution in [0.3, 0.4) is 0 Å². The zero-order chi connectivity index (χ0) is 11.8. The first-order valence-corrected chi connectivity index (χ1v) is 5.89. The first-order chi connectivity index (χ1) is 8.24. The lowest BCUT2D eigenvalue weighted by molar-refractivity contribution is 0.249. The number of carbonyl (C=O) groups is 1. The highest BCUT2D eigenvalue weighted by Crippen LogP contribution is 2.33. The fourth-order valence-corrected chi connectivity index (χ4v) is 2.30. The van der Waals surface area contributed by atoms with Crippen LogP contribution in [0.4, 0.5) is 10.5 Å². The molecule has 1 aliphatic heterocycles. The summed E-state index contributed by atoms with van der Waals surface area (Å²) in [4.78, 5) is 11.6. The molecule has 5 nitrogen and oxygen atoms in total. The van der Waals surface area contributed by atoms with Gasteiger partial charge in [-0.25, -0.2) is 4.79 Å². The van der Waals surface area contributed by atoms with E-state index in [2.05, 4.69) is 36.8 Å². The molecule has 0 radical (unpaired) electrons. The molecule has 86 valence electrons. The van der Waals surface area contributed by atoms with Crippen molar-refractivity contribution in [2.75, 3.05) is 5.32 Å². The molecule has 3 rings (SSSR count). The minimum atomic E-state index is -0.207. The van der Waals surface area contributed by atoms with Crippen molar-refractivity contribution in [3.05, 3.63) is 46.2 Å². The molecular weight excluding hydrogens is 284 g/mol. The number of hydrogen-bond acceptors (Lipinski definition) is 2. The summed E-state index contributed by atoms with van der Waals surface area (Å²) in [6, 6.07) is 5.45. The predicted molar refractivity (Wildman–Crippen MR) is 66.7 cm³/mol. The Labute approximate surface area is 106 Å². The number of anilines is 1. The van der Waals surface area contributed by atoms with E-state index < -0.39 is 0 Å². The number of nitrogens with one attached hydrogen (secondary N) is 3. The Bertz CT molecular complexity index is 567. The predicted octanol–water partition coefficient (Wildman–Crippen LogP) is 2.40. The van der Waals surface area contributed by atoms with Crippen LogP contribution in [0, 0.1) is 0 Å². The summed E-state index contributed by atoms with van der Waals surface area (Å²) < 4.78 is 0.935. The maximum atomic E-state index is 11.6. The third-order valence-corrected chi connectivity index (χ3v) is 3.20. The van der Waals surface area contributed by atoms with Crippen molar-refractivity contribution in [2.45, 2.75) is 6.04 Å². The number of rotatable bonds is 1. The fraction of sp³-hybridized carbons (Fsp3) is 0.0909. The van der Waals surface area contributed by atoms with E-state index in [0.717, 1.165) is 21.3 Å². The van der Waals surface area contributed by atoms with Crippen molar-refractivity contribution in [1.82, 2.24) is 15.5 Å². The first kappa shape index (κ1) is 10.3. The van der Waals surface area contributed by atoms with Crippen LogP contribution >= 0.6 is 15.9 Å². The number of hydrogen-bond donors (Lipinski definition) is 3. The molecule has 0 spiro atoms. The minimum absolute atomic E-state index is 0.161. The summed E-state index contributed by atoms with van der Waals surface area (Å²) in [7, 11) is 0. The zero-order valence-electron chi connectivity index (χ0n) is 8.70. The maximum Gasteiger partial charge on any atom is 0.320 e. The number of aromatic nitrogens is 2. The van der Waals surface area contributed by atoms with E-state index in [0.29, 0.717) is 0 Å². The number of halogens is 1. The summed E-state index contributed by atoms with van der Waals surface area (Å²) in [6.45, 7) is 0. The largest absolute Gasteiger partial charge is 0.327 e. The summed E-state index contributed by atoms with van der Waals surface area (Å²) in [5.41, 5.74) is 2.77. The van der Waals surface area contributed by atoms with Gasteiger partial charge in [0.2, 0.25) is 0 Å². The molecule has 2 heterocycles. The Hall–Kier alpha value is -1.82. The van der Waals surface area contributed by atoms with Crippen LogP contribution in [0.2, 0.25) is 0 Å². The molecule has 1 aromatic carbocycles. The monoisotopic (exact) mass is 292 g/mol. The molecule has 0 saturated heterocycles. The number of carbonyl (C=O) groups excluding carboxylic acids is 1. The number of nitrogens with zero attached hydrogens (tertiary/aromatic N) is 1. The molecular formula is C11H9BrN4O. The molecule has 1 aromatic heterocycles. The van der Waals surface area contributed by atoms with Crippen molar-refractivity contribution in [1.29, 1.82) is 0 Å². The molecule has 0 bridgehead atoms. The normalized spacial score (nSPS) is 18.2. The molecule has 1 aliphatic rings. The van der Waals surface area contributed by atoms with Crippen LogP contribution < -0.4 is 10.6 Å². The summed E-state index contributed by atoms with van der Waals surface area (Å²) in [5.74, 6) is 0. The number of H-pyrrole nitrogens is 1. The van der Waals surface area contributed by atoms with Crippen molar-refractivity contribution in [3.8, 4) is 0 Å². The number of urea groups is 1. The summed E-state index contributed by atoms with van der Waals surface area (Å²) in [6.07, 6.45) is 3.49. The Morgan fingerprint density at radius 3 is 3.00 bits per heavy atom. The lowest BCUT2D eigenvalue weighted by Gasteiger charge is -2.26. The van der Waals surface area contributed by atoms with Gasteiger partial charge in [0, 0.05) is 27.5 Å². The number of aromatic amines is 1. The molecule has 2 amide bonds. The SMILES string of the molecule is O=C1Nc2cc(Br)ccc2C(c2cn[nH]c2)N1. The molecule has 1 atom stereocenters. The summed E-state index contributed by atoms with van der Waals surface area (Å²) >= 11 is 3.39. The van der Waals surface area contributed by atoms with Gasteiger partial charge in [0.25, 0.3) is 0 Å². The van der Waals surface area contributed by atoms with E-state index >= 15 is 0 Å². The third-order valence-electron chi connectivity index (χ3n) is 2.70. The van der Waals surface area contributed by atoms with Crippen molar-refractivity contribution in [3.63, 3.8) is 0 Å². The van der Waals surface area contributed by atoms with Crippen LogP contribution in [0.25, 0.3) is 0 Å². The van der Waals surface area contributed by atoms with E-state index in [-0.39, 0.29) is 12.1 Å². The minimum Gasteiger partial charge on any atom is -0.327 e. The van der Waals surface area contributed by atoms with Crippen LogP contribution in [-0.4, -0.2) is 16.2 Å². The zero-order valence-corrected chi connectivity index (χ0v) is 10.3. The highest BCUT2D eigenvalue weighted by atomic mass is 79.9. The van der Waals surface area contributed by atoms with Gasteiger partial charge in [-0.3, -0.25) is 5.10 Å². The van der Waals surface area contributed by atoms with E-state index in [4.69, 9.17) is 0 Å². The molecule has 0 saturated carbocycles. The van der Waals surface area contributed by atoms with Crippen molar-refractivity contribution in [2.24, 2.45) is 0 Å². The van der Waals surface area contributed by atoms with E-state index in [9.17, 15) is 4.79 Å². The average Bonchev–Trinajstić information content (AvgIpc) is 2.80. The summed E-state index contributed by atoms with van der Waals surface area (Å²) in [5, 5.41) is 12.3. The fourth-order valence-electron chi connectivity index (χ4n) is 1.94. The molecule has 0 fully saturated rings. The van der Waals surface area contributed by atoms with Gasteiger partial charge in [0.1, 0.15) is 0 Å².